The molecule has 2 heterocycles. The van der Waals surface area contributed by atoms with Crippen molar-refractivity contribution >= 4 is 5.96 Å². The van der Waals surface area contributed by atoms with Crippen molar-refractivity contribution < 1.29 is 14.2 Å². The average Bonchev–Trinajstić information content (AvgIpc) is 2.81. The number of hydrogen-bond donors (Lipinski definition) is 2. The number of rotatable bonds is 10. The first-order valence-electron chi connectivity index (χ1n) is 12.0. The molecular formula is C25H41N3O3. The summed E-state index contributed by atoms with van der Waals surface area (Å²) in [6.07, 6.45) is 5.26. The summed E-state index contributed by atoms with van der Waals surface area (Å²) in [5.41, 5.74) is 2.82. The molecule has 2 N–H and O–H groups in total. The van der Waals surface area contributed by atoms with Crippen molar-refractivity contribution in [2.75, 3.05) is 59.3 Å². The van der Waals surface area contributed by atoms with Gasteiger partial charge in [0.25, 0.3) is 0 Å². The minimum Gasteiger partial charge on any atom is -0.381 e. The van der Waals surface area contributed by atoms with Crippen molar-refractivity contribution in [3.63, 3.8) is 0 Å². The van der Waals surface area contributed by atoms with E-state index >= 15 is 0 Å². The van der Waals surface area contributed by atoms with Crippen molar-refractivity contribution in [2.24, 2.45) is 10.9 Å². The van der Waals surface area contributed by atoms with E-state index in [4.69, 9.17) is 19.2 Å². The smallest absolute Gasteiger partial charge is 0.191 e. The largest absolute Gasteiger partial charge is 0.381 e. The third-order valence-electron chi connectivity index (χ3n) is 6.50. The molecule has 0 radical (unpaired) electrons. The lowest BCUT2D eigenvalue weighted by Crippen LogP contribution is -2.42. The van der Waals surface area contributed by atoms with Gasteiger partial charge in [-0.2, -0.15) is 0 Å². The normalized spacial score (nSPS) is 19.9. The van der Waals surface area contributed by atoms with Crippen molar-refractivity contribution in [1.29, 1.82) is 0 Å². The van der Waals surface area contributed by atoms with E-state index in [9.17, 15) is 0 Å². The lowest BCUT2D eigenvalue weighted by molar-refractivity contribution is 0.0203. The van der Waals surface area contributed by atoms with Gasteiger partial charge in [0, 0.05) is 58.1 Å². The summed E-state index contributed by atoms with van der Waals surface area (Å²) in [4.78, 5) is 5.00. The predicted molar refractivity (Wildman–Crippen MR) is 126 cm³/mol. The summed E-state index contributed by atoms with van der Waals surface area (Å²) in [6.45, 7) is 11.8. The summed E-state index contributed by atoms with van der Waals surface area (Å²) < 4.78 is 17.0. The molecule has 2 saturated heterocycles. The van der Waals surface area contributed by atoms with Crippen LogP contribution in [0, 0.1) is 12.8 Å². The van der Waals surface area contributed by atoms with Crippen LogP contribution in [-0.2, 0) is 19.6 Å². The van der Waals surface area contributed by atoms with Crippen molar-refractivity contribution in [3.05, 3.63) is 35.4 Å². The van der Waals surface area contributed by atoms with E-state index in [0.717, 1.165) is 97.3 Å². The van der Waals surface area contributed by atoms with Gasteiger partial charge in [0.15, 0.2) is 5.96 Å². The lowest BCUT2D eigenvalue weighted by atomic mass is 9.72. The highest BCUT2D eigenvalue weighted by Crippen LogP contribution is 2.37. The molecule has 3 rings (SSSR count). The number of guanidine groups is 1. The van der Waals surface area contributed by atoms with Crippen molar-refractivity contribution in [3.8, 4) is 0 Å². The number of nitrogens with zero attached hydrogens (tertiary/aromatic N) is 1. The number of nitrogens with one attached hydrogen (secondary N) is 2. The van der Waals surface area contributed by atoms with E-state index in [1.165, 1.54) is 11.1 Å². The summed E-state index contributed by atoms with van der Waals surface area (Å²) in [6, 6.07) is 8.74. The fourth-order valence-electron chi connectivity index (χ4n) is 4.56. The molecule has 1 aromatic carbocycles. The Morgan fingerprint density at radius 1 is 1.10 bits per heavy atom. The van der Waals surface area contributed by atoms with Crippen molar-refractivity contribution in [1.82, 2.24) is 10.6 Å². The van der Waals surface area contributed by atoms with E-state index in [1.807, 2.05) is 0 Å². The Labute approximate surface area is 188 Å². The minimum absolute atomic E-state index is 0.0543. The molecule has 0 spiro atoms. The van der Waals surface area contributed by atoms with Crippen LogP contribution in [0.5, 0.6) is 0 Å². The molecule has 0 atom stereocenters. The molecule has 2 aliphatic rings. The standard InChI is InChI=1S/C25H41N3O3/c1-3-26-24(27-13-6-14-31-19-22-9-15-29-16-10-22)28-20-25(11-17-30-18-12-25)23-8-5-4-7-21(23)2/h4-5,7-8,22H,3,6,9-20H2,1-2H3,(H2,26,27,28). The van der Waals surface area contributed by atoms with Gasteiger partial charge in [0.2, 0.25) is 0 Å². The molecule has 2 aliphatic heterocycles. The van der Waals surface area contributed by atoms with Gasteiger partial charge in [-0.1, -0.05) is 24.3 Å². The van der Waals surface area contributed by atoms with Crippen LogP contribution in [0.3, 0.4) is 0 Å². The monoisotopic (exact) mass is 431 g/mol. The highest BCUT2D eigenvalue weighted by molar-refractivity contribution is 5.79. The Balaban J connectivity index is 1.49. The van der Waals surface area contributed by atoms with E-state index in [1.54, 1.807) is 0 Å². The van der Waals surface area contributed by atoms with Gasteiger partial charge in [-0.15, -0.1) is 0 Å². The third kappa shape index (κ3) is 7.48. The second kappa shape index (κ2) is 13.0. The first-order valence-corrected chi connectivity index (χ1v) is 12.0. The zero-order valence-electron chi connectivity index (χ0n) is 19.5. The highest BCUT2D eigenvalue weighted by atomic mass is 16.5. The zero-order valence-corrected chi connectivity index (χ0v) is 19.5. The van der Waals surface area contributed by atoms with Crippen LogP contribution in [0.2, 0.25) is 0 Å². The van der Waals surface area contributed by atoms with Crippen LogP contribution in [0.4, 0.5) is 0 Å². The molecule has 6 nitrogen and oxygen atoms in total. The summed E-state index contributed by atoms with van der Waals surface area (Å²) in [7, 11) is 0. The van der Waals surface area contributed by atoms with Crippen molar-refractivity contribution in [2.45, 2.75) is 51.4 Å². The molecule has 174 valence electrons. The van der Waals surface area contributed by atoms with Crippen LogP contribution >= 0.6 is 0 Å². The Morgan fingerprint density at radius 2 is 1.84 bits per heavy atom. The fraction of sp³-hybridized carbons (Fsp3) is 0.720. The van der Waals surface area contributed by atoms with Gasteiger partial charge in [0.1, 0.15) is 0 Å². The van der Waals surface area contributed by atoms with E-state index in [2.05, 4.69) is 48.7 Å². The zero-order chi connectivity index (χ0) is 21.8. The number of benzene rings is 1. The van der Waals surface area contributed by atoms with Gasteiger partial charge in [0.05, 0.1) is 6.54 Å². The summed E-state index contributed by atoms with van der Waals surface area (Å²) >= 11 is 0. The topological polar surface area (TPSA) is 64.1 Å². The molecular weight excluding hydrogens is 390 g/mol. The van der Waals surface area contributed by atoms with E-state index < -0.39 is 0 Å². The first kappa shape index (κ1) is 24.0. The Hall–Kier alpha value is -1.63. The molecule has 0 unspecified atom stereocenters. The van der Waals surface area contributed by atoms with Gasteiger partial charge < -0.3 is 24.8 Å². The molecule has 0 aromatic heterocycles. The fourth-order valence-corrected chi connectivity index (χ4v) is 4.56. The third-order valence-corrected chi connectivity index (χ3v) is 6.50. The molecule has 0 bridgehead atoms. The van der Waals surface area contributed by atoms with Gasteiger partial charge in [-0.25, -0.2) is 0 Å². The maximum atomic E-state index is 5.89. The van der Waals surface area contributed by atoms with Crippen LogP contribution in [0.15, 0.2) is 29.3 Å². The number of aryl methyl sites for hydroxylation is 1. The average molecular weight is 432 g/mol. The van der Waals surface area contributed by atoms with Crippen LogP contribution < -0.4 is 10.6 Å². The van der Waals surface area contributed by atoms with Crippen LogP contribution in [0.1, 0.15) is 50.2 Å². The SMILES string of the molecule is CCNC(=NCC1(c2ccccc2C)CCOCC1)NCCCOCC1CCOCC1. The van der Waals surface area contributed by atoms with Gasteiger partial charge in [-0.05, 0) is 63.0 Å². The van der Waals surface area contributed by atoms with Gasteiger partial charge >= 0.3 is 0 Å². The summed E-state index contributed by atoms with van der Waals surface area (Å²) in [5, 5.41) is 6.89. The minimum atomic E-state index is 0.0543. The van der Waals surface area contributed by atoms with Gasteiger partial charge in [-0.3, -0.25) is 4.99 Å². The molecule has 0 amide bonds. The Morgan fingerprint density at radius 3 is 2.58 bits per heavy atom. The molecule has 0 aliphatic carbocycles. The molecule has 6 heteroatoms. The highest BCUT2D eigenvalue weighted by Gasteiger charge is 2.35. The Kier molecular flexibility index (Phi) is 10.1. The molecule has 1 aromatic rings. The van der Waals surface area contributed by atoms with E-state index in [0.29, 0.717) is 5.92 Å². The molecule has 0 saturated carbocycles. The second-order valence-corrected chi connectivity index (χ2v) is 8.81. The number of aliphatic imine (C=N–C) groups is 1. The second-order valence-electron chi connectivity index (χ2n) is 8.81. The first-order chi connectivity index (χ1) is 15.2. The maximum Gasteiger partial charge on any atom is 0.191 e. The lowest BCUT2D eigenvalue weighted by Gasteiger charge is -2.37. The number of ether oxygens (including phenoxy) is 3. The van der Waals surface area contributed by atoms with Crippen LogP contribution in [0.25, 0.3) is 0 Å². The quantitative estimate of drug-likeness (QED) is 0.338. The van der Waals surface area contributed by atoms with Crippen LogP contribution in [-0.4, -0.2) is 65.2 Å². The molecule has 2 fully saturated rings. The maximum absolute atomic E-state index is 5.89. The molecule has 31 heavy (non-hydrogen) atoms. The van der Waals surface area contributed by atoms with E-state index in [-0.39, 0.29) is 5.41 Å². The summed E-state index contributed by atoms with van der Waals surface area (Å²) in [5.74, 6) is 1.56. The Bertz CT molecular complexity index is 668. The predicted octanol–water partition coefficient (Wildman–Crippen LogP) is 3.43. The number of hydrogen-bond acceptors (Lipinski definition) is 4.